The molecule has 0 fully saturated rings. The number of aromatic nitrogens is 1. The Balaban J connectivity index is 1.58. The number of para-hydroxylation sites is 1. The second-order valence-electron chi connectivity index (χ2n) is 7.43. The molecule has 2 aromatic carbocycles. The fourth-order valence-corrected chi connectivity index (χ4v) is 3.75. The van der Waals surface area contributed by atoms with E-state index in [1.54, 1.807) is 4.90 Å². The number of fused-ring (bicyclic) bond motifs is 3. The minimum absolute atomic E-state index is 0.0763. The van der Waals surface area contributed by atoms with Gasteiger partial charge in [-0.3, -0.25) is 0 Å². The fraction of sp³-hybridized carbons (Fsp3) is 0.227. The molecule has 1 aliphatic heterocycles. The zero-order valence-electron chi connectivity index (χ0n) is 15.1. The van der Waals surface area contributed by atoms with E-state index in [0.29, 0.717) is 13.1 Å². The van der Waals surface area contributed by atoms with E-state index < -0.39 is 0 Å². The van der Waals surface area contributed by atoms with Crippen molar-refractivity contribution in [1.82, 2.24) is 15.2 Å². The first-order chi connectivity index (χ1) is 12.5. The van der Waals surface area contributed by atoms with Crippen molar-refractivity contribution in [2.45, 2.75) is 25.8 Å². The third-order valence-corrected chi connectivity index (χ3v) is 4.95. The number of H-pyrrole nitrogens is 1. The smallest absolute Gasteiger partial charge is 0.321 e. The lowest BCUT2D eigenvalue weighted by Gasteiger charge is -2.29. The molecule has 0 aliphatic carbocycles. The lowest BCUT2D eigenvalue weighted by molar-refractivity contribution is 0.207. The topological polar surface area (TPSA) is 48.1 Å². The number of carbonyl (C=O) groups excluding carboxylic acids is 1. The molecule has 0 saturated carbocycles. The highest BCUT2D eigenvalue weighted by atomic mass is 16.2. The monoisotopic (exact) mass is 345 g/mol. The molecule has 3 aromatic rings. The summed E-state index contributed by atoms with van der Waals surface area (Å²) in [5.41, 5.74) is 4.41. The summed E-state index contributed by atoms with van der Waals surface area (Å²) >= 11 is 0. The van der Waals surface area contributed by atoms with Gasteiger partial charge >= 0.3 is 6.03 Å². The van der Waals surface area contributed by atoms with E-state index in [2.05, 4.69) is 42.3 Å². The van der Waals surface area contributed by atoms with E-state index in [0.717, 1.165) is 16.8 Å². The number of hydrogen-bond donors (Lipinski definition) is 2. The average molecular weight is 345 g/mol. The van der Waals surface area contributed by atoms with Crippen LogP contribution < -0.4 is 5.32 Å². The standard InChI is InChI=1S/C22H23N3O/c1-22(2)15-25(21(26)23-14-16-8-4-3-5-9-16)13-12-19-20(22)17-10-6-7-11-18(17)24-19/h3-13,24H,14-15H2,1-2H3,(H,23,26). The fourth-order valence-electron chi connectivity index (χ4n) is 3.75. The summed E-state index contributed by atoms with van der Waals surface area (Å²) < 4.78 is 0. The summed E-state index contributed by atoms with van der Waals surface area (Å²) in [5, 5.41) is 4.24. The molecular formula is C22H23N3O. The van der Waals surface area contributed by atoms with Crippen LogP contribution in [0.15, 0.2) is 60.8 Å². The second-order valence-corrected chi connectivity index (χ2v) is 7.43. The van der Waals surface area contributed by atoms with Crippen LogP contribution >= 0.6 is 0 Å². The third-order valence-electron chi connectivity index (χ3n) is 4.95. The van der Waals surface area contributed by atoms with Crippen LogP contribution in [0.3, 0.4) is 0 Å². The normalized spacial score (nSPS) is 15.5. The molecule has 0 unspecified atom stereocenters. The highest BCUT2D eigenvalue weighted by Gasteiger charge is 2.32. The molecule has 1 aliphatic rings. The largest absolute Gasteiger partial charge is 0.355 e. The zero-order chi connectivity index (χ0) is 18.1. The Labute approximate surface area is 153 Å². The van der Waals surface area contributed by atoms with Gasteiger partial charge in [-0.25, -0.2) is 4.79 Å². The van der Waals surface area contributed by atoms with Crippen molar-refractivity contribution in [2.75, 3.05) is 6.54 Å². The molecule has 0 atom stereocenters. The Bertz CT molecular complexity index is 969. The van der Waals surface area contributed by atoms with Crippen molar-refractivity contribution >= 4 is 23.0 Å². The summed E-state index contributed by atoms with van der Waals surface area (Å²) in [6, 6.07) is 18.2. The predicted molar refractivity (Wildman–Crippen MR) is 106 cm³/mol. The third kappa shape index (κ3) is 2.99. The molecule has 1 aromatic heterocycles. The highest BCUT2D eigenvalue weighted by molar-refractivity contribution is 5.89. The molecule has 0 saturated heterocycles. The number of rotatable bonds is 2. The first kappa shape index (κ1) is 16.5. The predicted octanol–water partition coefficient (Wildman–Crippen LogP) is 4.64. The van der Waals surface area contributed by atoms with Crippen LogP contribution in [0.1, 0.15) is 30.7 Å². The Kier molecular flexibility index (Phi) is 4.03. The maximum absolute atomic E-state index is 12.7. The van der Waals surface area contributed by atoms with Crippen LogP contribution in [-0.4, -0.2) is 22.5 Å². The maximum atomic E-state index is 12.7. The van der Waals surface area contributed by atoms with Crippen LogP contribution in [0.25, 0.3) is 17.0 Å². The van der Waals surface area contributed by atoms with Crippen molar-refractivity contribution in [2.24, 2.45) is 0 Å². The van der Waals surface area contributed by atoms with Crippen molar-refractivity contribution in [3.05, 3.63) is 77.6 Å². The Morgan fingerprint density at radius 3 is 2.65 bits per heavy atom. The van der Waals surface area contributed by atoms with Crippen LogP contribution in [0.5, 0.6) is 0 Å². The van der Waals surface area contributed by atoms with Crippen molar-refractivity contribution in [1.29, 1.82) is 0 Å². The minimum Gasteiger partial charge on any atom is -0.355 e. The summed E-state index contributed by atoms with van der Waals surface area (Å²) in [5.74, 6) is 0. The van der Waals surface area contributed by atoms with E-state index in [1.807, 2.05) is 48.7 Å². The van der Waals surface area contributed by atoms with Crippen LogP contribution in [0.4, 0.5) is 4.79 Å². The molecule has 4 rings (SSSR count). The lowest BCUT2D eigenvalue weighted by Crippen LogP contribution is -2.42. The maximum Gasteiger partial charge on any atom is 0.321 e. The van der Waals surface area contributed by atoms with Crippen molar-refractivity contribution in [3.63, 3.8) is 0 Å². The number of nitrogens with zero attached hydrogens (tertiary/aromatic N) is 1. The van der Waals surface area contributed by atoms with Gasteiger partial charge in [0.2, 0.25) is 0 Å². The van der Waals surface area contributed by atoms with Crippen LogP contribution in [0.2, 0.25) is 0 Å². The zero-order valence-corrected chi connectivity index (χ0v) is 15.1. The average Bonchev–Trinajstić information content (AvgIpc) is 2.97. The molecule has 0 bridgehead atoms. The van der Waals surface area contributed by atoms with E-state index in [9.17, 15) is 4.79 Å². The van der Waals surface area contributed by atoms with E-state index in [4.69, 9.17) is 0 Å². The van der Waals surface area contributed by atoms with Gasteiger partial charge in [-0.2, -0.15) is 0 Å². The van der Waals surface area contributed by atoms with Crippen LogP contribution in [-0.2, 0) is 12.0 Å². The molecule has 2 amide bonds. The van der Waals surface area contributed by atoms with Gasteiger partial charge in [0.05, 0.1) is 0 Å². The molecule has 132 valence electrons. The van der Waals surface area contributed by atoms with Gasteiger partial charge < -0.3 is 15.2 Å². The lowest BCUT2D eigenvalue weighted by atomic mass is 9.82. The first-order valence-electron chi connectivity index (χ1n) is 8.92. The molecule has 4 heteroatoms. The number of amides is 2. The number of aromatic amines is 1. The summed E-state index contributed by atoms with van der Waals surface area (Å²) in [6.45, 7) is 5.53. The van der Waals surface area contributed by atoms with E-state index in [1.165, 1.54) is 10.9 Å². The van der Waals surface area contributed by atoms with E-state index >= 15 is 0 Å². The van der Waals surface area contributed by atoms with Gasteiger partial charge in [0.15, 0.2) is 0 Å². The van der Waals surface area contributed by atoms with Crippen molar-refractivity contribution < 1.29 is 4.79 Å². The van der Waals surface area contributed by atoms with Gasteiger partial charge in [0.25, 0.3) is 0 Å². The number of hydrogen-bond acceptors (Lipinski definition) is 1. The number of nitrogens with one attached hydrogen (secondary N) is 2. The minimum atomic E-state index is -0.164. The Morgan fingerprint density at radius 2 is 1.85 bits per heavy atom. The van der Waals surface area contributed by atoms with Gasteiger partial charge in [-0.1, -0.05) is 62.4 Å². The molecule has 26 heavy (non-hydrogen) atoms. The summed E-state index contributed by atoms with van der Waals surface area (Å²) in [4.78, 5) is 18.0. The first-order valence-corrected chi connectivity index (χ1v) is 8.92. The number of benzene rings is 2. The van der Waals surface area contributed by atoms with Crippen molar-refractivity contribution in [3.8, 4) is 0 Å². The molecular weight excluding hydrogens is 322 g/mol. The quantitative estimate of drug-likeness (QED) is 0.698. The Morgan fingerprint density at radius 1 is 1.12 bits per heavy atom. The number of urea groups is 1. The second kappa shape index (κ2) is 6.37. The number of carbonyl (C=O) groups is 1. The van der Waals surface area contributed by atoms with Gasteiger partial charge in [0.1, 0.15) is 0 Å². The molecule has 4 nitrogen and oxygen atoms in total. The SMILES string of the molecule is CC1(C)CN(C(=O)NCc2ccccc2)C=Cc2[nH]c3ccccc3c21. The summed E-state index contributed by atoms with van der Waals surface area (Å²) in [6.07, 6.45) is 3.88. The molecule has 0 spiro atoms. The molecule has 2 heterocycles. The van der Waals surface area contributed by atoms with Crippen LogP contribution in [0, 0.1) is 0 Å². The van der Waals surface area contributed by atoms with Gasteiger partial charge in [-0.15, -0.1) is 0 Å². The molecule has 2 N–H and O–H groups in total. The highest BCUT2D eigenvalue weighted by Crippen LogP contribution is 2.36. The molecule has 0 radical (unpaired) electrons. The van der Waals surface area contributed by atoms with Gasteiger partial charge in [0, 0.05) is 41.3 Å². The Hall–Kier alpha value is -3.01. The summed E-state index contributed by atoms with van der Waals surface area (Å²) in [7, 11) is 0. The van der Waals surface area contributed by atoms with Gasteiger partial charge in [-0.05, 0) is 23.3 Å². The van der Waals surface area contributed by atoms with E-state index in [-0.39, 0.29) is 11.4 Å².